The predicted octanol–water partition coefficient (Wildman–Crippen LogP) is 3.56. The predicted molar refractivity (Wildman–Crippen MR) is 95.3 cm³/mol. The third kappa shape index (κ3) is 4.46. The van der Waals surface area contributed by atoms with E-state index in [1.165, 1.54) is 0 Å². The van der Waals surface area contributed by atoms with Crippen LogP contribution >= 0.6 is 11.6 Å². The van der Waals surface area contributed by atoms with Gasteiger partial charge in [-0.05, 0) is 29.7 Å². The van der Waals surface area contributed by atoms with Crippen molar-refractivity contribution in [1.29, 1.82) is 0 Å². The van der Waals surface area contributed by atoms with E-state index in [0.717, 1.165) is 17.5 Å². The summed E-state index contributed by atoms with van der Waals surface area (Å²) in [6.45, 7) is 1.21. The number of hydrogen-bond donors (Lipinski definition) is 1. The number of aromatic nitrogens is 2. The second-order valence-corrected chi connectivity index (χ2v) is 5.98. The molecule has 0 atom stereocenters. The van der Waals surface area contributed by atoms with Gasteiger partial charge in [0.2, 0.25) is 0 Å². The molecule has 0 aliphatic rings. The van der Waals surface area contributed by atoms with Crippen molar-refractivity contribution in [2.45, 2.75) is 13.0 Å². The van der Waals surface area contributed by atoms with E-state index in [9.17, 15) is 4.79 Å². The second kappa shape index (κ2) is 7.79. The number of benzene rings is 2. The molecule has 0 saturated heterocycles. The summed E-state index contributed by atoms with van der Waals surface area (Å²) < 4.78 is 1.77. The highest BCUT2D eigenvalue weighted by molar-refractivity contribution is 6.30. The van der Waals surface area contributed by atoms with Crippen molar-refractivity contribution >= 4 is 17.5 Å². The van der Waals surface area contributed by atoms with Crippen LogP contribution in [0.2, 0.25) is 5.02 Å². The van der Waals surface area contributed by atoms with E-state index >= 15 is 0 Å². The molecule has 0 unspecified atom stereocenters. The van der Waals surface area contributed by atoms with E-state index in [1.807, 2.05) is 54.6 Å². The number of carbonyl (C=O) groups is 1. The minimum absolute atomic E-state index is 0.115. The van der Waals surface area contributed by atoms with Crippen molar-refractivity contribution in [3.63, 3.8) is 0 Å². The Morgan fingerprint density at radius 1 is 1.08 bits per heavy atom. The lowest BCUT2D eigenvalue weighted by Gasteiger charge is -2.04. The molecule has 0 bridgehead atoms. The third-order valence-electron chi connectivity index (χ3n) is 3.67. The molecular weight excluding hydrogens is 322 g/mol. The van der Waals surface area contributed by atoms with Crippen LogP contribution in [0.3, 0.4) is 0 Å². The largest absolute Gasteiger partial charge is 0.352 e. The van der Waals surface area contributed by atoms with Crippen LogP contribution in [-0.4, -0.2) is 22.2 Å². The Bertz CT molecular complexity index is 814. The number of nitrogens with zero attached hydrogens (tertiary/aromatic N) is 2. The number of halogens is 1. The standard InChI is InChI=1S/C19H18ClN3O/c20-18-8-4-7-15(11-18)9-10-21-19(24)17-12-22-23(14-17)13-16-5-2-1-3-6-16/h1-8,11-12,14H,9-10,13H2,(H,21,24). The molecule has 0 fully saturated rings. The topological polar surface area (TPSA) is 46.9 Å². The number of carbonyl (C=O) groups excluding carboxylic acids is 1. The fraction of sp³-hybridized carbons (Fsp3) is 0.158. The van der Waals surface area contributed by atoms with Crippen molar-refractivity contribution < 1.29 is 4.79 Å². The minimum Gasteiger partial charge on any atom is -0.352 e. The van der Waals surface area contributed by atoms with Gasteiger partial charge in [0.25, 0.3) is 5.91 Å². The lowest BCUT2D eigenvalue weighted by atomic mass is 10.1. The summed E-state index contributed by atoms with van der Waals surface area (Å²) in [5, 5.41) is 7.87. The van der Waals surface area contributed by atoms with Gasteiger partial charge in [-0.1, -0.05) is 54.1 Å². The molecule has 1 aromatic heterocycles. The van der Waals surface area contributed by atoms with E-state index in [-0.39, 0.29) is 5.91 Å². The smallest absolute Gasteiger partial charge is 0.254 e. The summed E-state index contributed by atoms with van der Waals surface area (Å²) in [5.41, 5.74) is 2.81. The van der Waals surface area contributed by atoms with Gasteiger partial charge in [-0.2, -0.15) is 5.10 Å². The summed E-state index contributed by atoms with van der Waals surface area (Å²) in [4.78, 5) is 12.2. The van der Waals surface area contributed by atoms with E-state index in [2.05, 4.69) is 10.4 Å². The molecule has 1 N–H and O–H groups in total. The van der Waals surface area contributed by atoms with E-state index in [4.69, 9.17) is 11.6 Å². The molecule has 0 spiro atoms. The molecular formula is C19H18ClN3O. The van der Waals surface area contributed by atoms with Gasteiger partial charge in [-0.25, -0.2) is 0 Å². The Hall–Kier alpha value is -2.59. The normalized spacial score (nSPS) is 10.5. The molecule has 3 aromatic rings. The fourth-order valence-electron chi connectivity index (χ4n) is 2.45. The Morgan fingerprint density at radius 2 is 1.88 bits per heavy atom. The zero-order chi connectivity index (χ0) is 16.8. The molecule has 2 aromatic carbocycles. The SMILES string of the molecule is O=C(NCCc1cccc(Cl)c1)c1cnn(Cc2ccccc2)c1. The monoisotopic (exact) mass is 339 g/mol. The van der Waals surface area contributed by atoms with Gasteiger partial charge in [0, 0.05) is 17.8 Å². The molecule has 122 valence electrons. The first-order valence-electron chi connectivity index (χ1n) is 7.80. The van der Waals surface area contributed by atoms with E-state index in [1.54, 1.807) is 17.1 Å². The maximum atomic E-state index is 12.2. The molecule has 0 aliphatic heterocycles. The Labute approximate surface area is 146 Å². The zero-order valence-electron chi connectivity index (χ0n) is 13.2. The molecule has 5 heteroatoms. The Balaban J connectivity index is 1.52. The highest BCUT2D eigenvalue weighted by Gasteiger charge is 2.08. The molecule has 0 aliphatic carbocycles. The van der Waals surface area contributed by atoms with Gasteiger partial charge in [0.15, 0.2) is 0 Å². The molecule has 0 saturated carbocycles. The molecule has 1 heterocycles. The van der Waals surface area contributed by atoms with E-state index in [0.29, 0.717) is 23.7 Å². The average molecular weight is 340 g/mol. The van der Waals surface area contributed by atoms with Crippen LogP contribution < -0.4 is 5.32 Å². The van der Waals surface area contributed by atoms with Gasteiger partial charge in [-0.3, -0.25) is 9.48 Å². The van der Waals surface area contributed by atoms with Crippen LogP contribution in [0.4, 0.5) is 0 Å². The molecule has 1 amide bonds. The van der Waals surface area contributed by atoms with Crippen LogP contribution in [-0.2, 0) is 13.0 Å². The maximum absolute atomic E-state index is 12.2. The van der Waals surface area contributed by atoms with Crippen molar-refractivity contribution in [2.75, 3.05) is 6.54 Å². The second-order valence-electron chi connectivity index (χ2n) is 5.55. The highest BCUT2D eigenvalue weighted by atomic mass is 35.5. The van der Waals surface area contributed by atoms with Crippen molar-refractivity contribution in [3.8, 4) is 0 Å². The fourth-order valence-corrected chi connectivity index (χ4v) is 2.67. The third-order valence-corrected chi connectivity index (χ3v) is 3.91. The molecule has 0 radical (unpaired) electrons. The van der Waals surface area contributed by atoms with Crippen LogP contribution in [0.5, 0.6) is 0 Å². The van der Waals surface area contributed by atoms with Crippen molar-refractivity contribution in [3.05, 3.63) is 88.7 Å². The number of rotatable bonds is 6. The highest BCUT2D eigenvalue weighted by Crippen LogP contribution is 2.10. The van der Waals surface area contributed by atoms with Gasteiger partial charge < -0.3 is 5.32 Å². The Morgan fingerprint density at radius 3 is 2.67 bits per heavy atom. The molecule has 3 rings (SSSR count). The first-order valence-corrected chi connectivity index (χ1v) is 8.17. The van der Waals surface area contributed by atoms with Crippen molar-refractivity contribution in [1.82, 2.24) is 15.1 Å². The lowest BCUT2D eigenvalue weighted by molar-refractivity contribution is 0.0954. The zero-order valence-corrected chi connectivity index (χ0v) is 13.9. The van der Waals surface area contributed by atoms with Gasteiger partial charge in [0.1, 0.15) is 0 Å². The summed E-state index contributed by atoms with van der Waals surface area (Å²) >= 11 is 5.95. The molecule has 4 nitrogen and oxygen atoms in total. The first kappa shape index (κ1) is 16.3. The summed E-state index contributed by atoms with van der Waals surface area (Å²) in [7, 11) is 0. The van der Waals surface area contributed by atoms with Gasteiger partial charge >= 0.3 is 0 Å². The Kier molecular flexibility index (Phi) is 5.29. The summed E-state index contributed by atoms with van der Waals surface area (Å²) in [6, 6.07) is 17.7. The van der Waals surface area contributed by atoms with E-state index < -0.39 is 0 Å². The van der Waals surface area contributed by atoms with Crippen LogP contribution in [0.15, 0.2) is 67.0 Å². The van der Waals surface area contributed by atoms with Crippen LogP contribution in [0, 0.1) is 0 Å². The number of amides is 1. The first-order chi connectivity index (χ1) is 11.7. The van der Waals surface area contributed by atoms with Crippen molar-refractivity contribution in [2.24, 2.45) is 0 Å². The molecule has 24 heavy (non-hydrogen) atoms. The van der Waals surface area contributed by atoms with Gasteiger partial charge in [-0.15, -0.1) is 0 Å². The minimum atomic E-state index is -0.115. The van der Waals surface area contributed by atoms with Crippen LogP contribution in [0.25, 0.3) is 0 Å². The van der Waals surface area contributed by atoms with Gasteiger partial charge in [0.05, 0.1) is 18.3 Å². The quantitative estimate of drug-likeness (QED) is 0.746. The maximum Gasteiger partial charge on any atom is 0.254 e. The summed E-state index contributed by atoms with van der Waals surface area (Å²) in [6.07, 6.45) is 4.10. The summed E-state index contributed by atoms with van der Waals surface area (Å²) in [5.74, 6) is -0.115. The average Bonchev–Trinajstić information content (AvgIpc) is 3.04. The number of nitrogens with one attached hydrogen (secondary N) is 1. The lowest BCUT2D eigenvalue weighted by Crippen LogP contribution is -2.25. The van der Waals surface area contributed by atoms with Crippen LogP contribution in [0.1, 0.15) is 21.5 Å². The number of hydrogen-bond acceptors (Lipinski definition) is 2.